The van der Waals surface area contributed by atoms with E-state index in [9.17, 15) is 58.2 Å². The average molecular weight is 436 g/mol. The van der Waals surface area contributed by atoms with E-state index < -0.39 is 63.8 Å². The Hall–Kier alpha value is -2.05. The standard InChI is InChI=1S/C13H4ClF11O2/c14-6-2-4(1-5(9(6)15)11(17,18)19)7(26)3-8(27)10(16,12(20,21)22)13(23,24)25/h1-3,26H/p-1/b7-3-. The highest BCUT2D eigenvalue weighted by atomic mass is 35.5. The number of hydrogen-bond donors (Lipinski definition) is 0. The molecule has 1 rings (SSSR count). The summed E-state index contributed by atoms with van der Waals surface area (Å²) in [6.45, 7) is 0. The van der Waals surface area contributed by atoms with Crippen LogP contribution in [-0.4, -0.2) is 23.8 Å². The summed E-state index contributed by atoms with van der Waals surface area (Å²) in [6.07, 6.45) is -20.1. The van der Waals surface area contributed by atoms with Crippen molar-refractivity contribution in [1.29, 1.82) is 0 Å². The van der Waals surface area contributed by atoms with Crippen LogP contribution in [0.2, 0.25) is 5.02 Å². The fourth-order valence-corrected chi connectivity index (χ4v) is 1.90. The molecule has 0 atom stereocenters. The van der Waals surface area contributed by atoms with E-state index in [4.69, 9.17) is 11.6 Å². The van der Waals surface area contributed by atoms with E-state index in [1.807, 2.05) is 0 Å². The summed E-state index contributed by atoms with van der Waals surface area (Å²) in [6, 6.07) is -0.201. The number of ketones is 1. The van der Waals surface area contributed by atoms with Gasteiger partial charge in [-0.3, -0.25) is 4.79 Å². The largest absolute Gasteiger partial charge is 0.872 e. The van der Waals surface area contributed by atoms with Gasteiger partial charge >= 0.3 is 24.2 Å². The molecule has 0 heterocycles. The maximum absolute atomic E-state index is 13.4. The van der Waals surface area contributed by atoms with Crippen LogP contribution in [-0.2, 0) is 11.0 Å². The highest BCUT2D eigenvalue weighted by molar-refractivity contribution is 6.31. The number of alkyl halides is 10. The van der Waals surface area contributed by atoms with E-state index >= 15 is 0 Å². The Kier molecular flexibility index (Phi) is 5.82. The number of allylic oxidation sites excluding steroid dienone is 1. The molecule has 0 aromatic heterocycles. The molecule has 2 nitrogen and oxygen atoms in total. The molecule has 0 saturated carbocycles. The van der Waals surface area contributed by atoms with E-state index in [1.54, 1.807) is 0 Å². The molecule has 0 spiro atoms. The van der Waals surface area contributed by atoms with Crippen LogP contribution in [0.5, 0.6) is 0 Å². The van der Waals surface area contributed by atoms with Gasteiger partial charge in [-0.2, -0.15) is 39.5 Å². The molecule has 1 aromatic carbocycles. The zero-order valence-corrected chi connectivity index (χ0v) is 12.8. The fourth-order valence-electron chi connectivity index (χ4n) is 1.68. The number of hydrogen-bond acceptors (Lipinski definition) is 2. The van der Waals surface area contributed by atoms with Crippen LogP contribution in [0.4, 0.5) is 48.3 Å². The molecule has 0 aliphatic rings. The first-order valence-electron chi connectivity index (χ1n) is 6.16. The van der Waals surface area contributed by atoms with Crippen molar-refractivity contribution >= 4 is 23.1 Å². The molecule has 14 heteroatoms. The highest BCUT2D eigenvalue weighted by Gasteiger charge is 2.76. The molecule has 0 saturated heterocycles. The normalized spacial score (nSPS) is 14.4. The predicted octanol–water partition coefficient (Wildman–Crippen LogP) is 4.60. The average Bonchev–Trinajstić information content (AvgIpc) is 2.45. The first kappa shape index (κ1) is 23.0. The van der Waals surface area contributed by atoms with Crippen LogP contribution < -0.4 is 5.11 Å². The Bertz CT molecular complexity index is 760. The third-order valence-electron chi connectivity index (χ3n) is 3.00. The molecule has 0 N–H and O–H groups in total. The van der Waals surface area contributed by atoms with E-state index in [1.165, 1.54) is 0 Å². The fraction of sp³-hybridized carbons (Fsp3) is 0.308. The Morgan fingerprint density at radius 3 is 1.74 bits per heavy atom. The van der Waals surface area contributed by atoms with Gasteiger partial charge in [0.1, 0.15) is 0 Å². The number of rotatable bonds is 3. The molecule has 27 heavy (non-hydrogen) atoms. The lowest BCUT2D eigenvalue weighted by molar-refractivity contribution is -0.323. The van der Waals surface area contributed by atoms with Gasteiger partial charge in [0.2, 0.25) is 5.78 Å². The maximum Gasteiger partial charge on any atom is 0.439 e. The van der Waals surface area contributed by atoms with Crippen molar-refractivity contribution in [2.75, 3.05) is 0 Å². The molecule has 0 aliphatic carbocycles. The molecular weight excluding hydrogens is 433 g/mol. The van der Waals surface area contributed by atoms with Gasteiger partial charge in [-0.15, -0.1) is 0 Å². The van der Waals surface area contributed by atoms with Crippen LogP contribution >= 0.6 is 11.6 Å². The van der Waals surface area contributed by atoms with Crippen molar-refractivity contribution in [2.45, 2.75) is 24.2 Å². The van der Waals surface area contributed by atoms with Crippen molar-refractivity contribution in [3.63, 3.8) is 0 Å². The number of carbonyl (C=O) groups excluding carboxylic acids is 1. The van der Waals surface area contributed by atoms with E-state index in [2.05, 4.69) is 0 Å². The minimum Gasteiger partial charge on any atom is -0.872 e. The minimum absolute atomic E-state index is 0.110. The third kappa shape index (κ3) is 4.28. The summed E-state index contributed by atoms with van der Waals surface area (Å²) in [5.41, 5.74) is -10.1. The second-order valence-electron chi connectivity index (χ2n) is 4.84. The smallest absolute Gasteiger partial charge is 0.439 e. The van der Waals surface area contributed by atoms with Gasteiger partial charge in [0.25, 0.3) is 0 Å². The van der Waals surface area contributed by atoms with E-state index in [0.717, 1.165) is 0 Å². The number of benzene rings is 1. The second-order valence-corrected chi connectivity index (χ2v) is 5.25. The topological polar surface area (TPSA) is 40.1 Å². The molecule has 0 bridgehead atoms. The minimum atomic E-state index is -6.82. The van der Waals surface area contributed by atoms with Gasteiger partial charge in [0.15, 0.2) is 5.82 Å². The Morgan fingerprint density at radius 2 is 1.37 bits per heavy atom. The van der Waals surface area contributed by atoms with Gasteiger partial charge < -0.3 is 5.11 Å². The number of carbonyl (C=O) groups is 1. The molecular formula is C13H3ClF11O2-. The van der Waals surface area contributed by atoms with Crippen LogP contribution in [0.3, 0.4) is 0 Å². The van der Waals surface area contributed by atoms with Crippen LogP contribution in [0.1, 0.15) is 11.1 Å². The maximum atomic E-state index is 13.4. The molecule has 1 aromatic rings. The lowest BCUT2D eigenvalue weighted by atomic mass is 9.97. The quantitative estimate of drug-likeness (QED) is 0.395. The Labute approximate surface area is 146 Å². The first-order chi connectivity index (χ1) is 11.8. The van der Waals surface area contributed by atoms with Crippen LogP contribution in [0.25, 0.3) is 5.76 Å². The summed E-state index contributed by atoms with van der Waals surface area (Å²) in [4.78, 5) is 11.2. The molecule has 0 amide bonds. The lowest BCUT2D eigenvalue weighted by Crippen LogP contribution is -2.58. The van der Waals surface area contributed by atoms with Gasteiger partial charge in [0.05, 0.1) is 10.6 Å². The zero-order valence-electron chi connectivity index (χ0n) is 12.1. The van der Waals surface area contributed by atoms with Crippen molar-refractivity contribution in [1.82, 2.24) is 0 Å². The number of halogens is 12. The van der Waals surface area contributed by atoms with Crippen molar-refractivity contribution in [3.8, 4) is 0 Å². The van der Waals surface area contributed by atoms with E-state index in [0.29, 0.717) is 0 Å². The second kappa shape index (κ2) is 6.84. The van der Waals surface area contributed by atoms with Crippen LogP contribution in [0.15, 0.2) is 18.2 Å². The van der Waals surface area contributed by atoms with Gasteiger partial charge in [0, 0.05) is 0 Å². The van der Waals surface area contributed by atoms with Gasteiger partial charge in [-0.05, 0) is 23.8 Å². The van der Waals surface area contributed by atoms with Gasteiger partial charge in [-0.25, -0.2) is 8.78 Å². The third-order valence-corrected chi connectivity index (χ3v) is 3.28. The van der Waals surface area contributed by atoms with Gasteiger partial charge in [-0.1, -0.05) is 17.4 Å². The van der Waals surface area contributed by atoms with Crippen LogP contribution in [0, 0.1) is 5.82 Å². The molecule has 0 unspecified atom stereocenters. The molecule has 152 valence electrons. The monoisotopic (exact) mass is 435 g/mol. The molecule has 0 fully saturated rings. The Morgan fingerprint density at radius 1 is 0.926 bits per heavy atom. The summed E-state index contributed by atoms with van der Waals surface area (Å²) >= 11 is 5.08. The predicted molar refractivity (Wildman–Crippen MR) is 65.3 cm³/mol. The summed E-state index contributed by atoms with van der Waals surface area (Å²) in [5, 5.41) is 10.2. The SMILES string of the molecule is O=C(/C=C(\[O-])c1cc(Cl)c(F)c(C(F)(F)F)c1)C(F)(C(F)(F)F)C(F)(F)F. The summed E-state index contributed by atoms with van der Waals surface area (Å²) in [7, 11) is 0. The van der Waals surface area contributed by atoms with Crippen molar-refractivity contribution in [2.24, 2.45) is 0 Å². The molecule has 0 radical (unpaired) electrons. The highest BCUT2D eigenvalue weighted by Crippen LogP contribution is 2.47. The van der Waals surface area contributed by atoms with Crippen molar-refractivity contribution in [3.05, 3.63) is 40.2 Å². The van der Waals surface area contributed by atoms with E-state index in [-0.39, 0.29) is 12.1 Å². The summed E-state index contributed by atoms with van der Waals surface area (Å²) in [5.74, 6) is -7.71. The molecule has 0 aliphatic heterocycles. The lowest BCUT2D eigenvalue weighted by Gasteiger charge is -2.28. The van der Waals surface area contributed by atoms with Crippen molar-refractivity contribution < 1.29 is 58.2 Å². The Balaban J connectivity index is 3.53. The zero-order chi connectivity index (χ0) is 21.6. The summed E-state index contributed by atoms with van der Waals surface area (Å²) < 4.78 is 139. The first-order valence-corrected chi connectivity index (χ1v) is 6.54.